The van der Waals surface area contributed by atoms with Gasteiger partial charge >= 0.3 is 0 Å². The number of aromatic nitrogens is 1. The van der Waals surface area contributed by atoms with Crippen molar-refractivity contribution < 1.29 is 17.7 Å². The minimum Gasteiger partial charge on any atom is -0.354 e. The van der Waals surface area contributed by atoms with E-state index >= 15 is 0 Å². The number of carbonyl (C=O) groups excluding carboxylic acids is 1. The summed E-state index contributed by atoms with van der Waals surface area (Å²) in [7, 11) is -3.57. The average molecular weight is 440 g/mol. The highest BCUT2D eigenvalue weighted by molar-refractivity contribution is 7.89. The van der Waals surface area contributed by atoms with E-state index in [0.717, 1.165) is 18.4 Å². The van der Waals surface area contributed by atoms with Gasteiger partial charge in [-0.15, -0.1) is 0 Å². The monoisotopic (exact) mass is 439 g/mol. The molecule has 0 saturated heterocycles. The zero-order valence-electron chi connectivity index (χ0n) is 17.5. The standard InChI is InChI=1S/C23H25N3O4S/c1-17-23(25-18(2)27)22(30-26-17)15-12-20-10-13-21(14-11-20)31(28,29)24-16-6-9-19-7-4-3-5-8-19/h3-5,7-8,10-15,24H,6,9,16H2,1-2H3,(H,25,27)/b15-12-. The number of sulfonamides is 1. The molecule has 0 unspecified atom stereocenters. The van der Waals surface area contributed by atoms with E-state index in [4.69, 9.17) is 4.52 Å². The molecule has 31 heavy (non-hydrogen) atoms. The lowest BCUT2D eigenvalue weighted by Gasteiger charge is -2.07. The Morgan fingerprint density at radius 3 is 2.45 bits per heavy atom. The zero-order valence-corrected chi connectivity index (χ0v) is 18.3. The number of carbonyl (C=O) groups is 1. The van der Waals surface area contributed by atoms with Crippen LogP contribution in [0, 0.1) is 6.92 Å². The van der Waals surface area contributed by atoms with E-state index < -0.39 is 10.0 Å². The molecule has 1 amide bonds. The molecule has 2 aromatic carbocycles. The first kappa shape index (κ1) is 22.5. The smallest absolute Gasteiger partial charge is 0.240 e. The van der Waals surface area contributed by atoms with Crippen molar-refractivity contribution in [1.29, 1.82) is 0 Å². The van der Waals surface area contributed by atoms with Gasteiger partial charge in [-0.3, -0.25) is 4.79 Å². The predicted molar refractivity (Wildman–Crippen MR) is 121 cm³/mol. The van der Waals surface area contributed by atoms with Crippen LogP contribution in [0.2, 0.25) is 0 Å². The Morgan fingerprint density at radius 1 is 1.06 bits per heavy atom. The first-order valence-electron chi connectivity index (χ1n) is 9.91. The van der Waals surface area contributed by atoms with E-state index in [9.17, 15) is 13.2 Å². The fourth-order valence-electron chi connectivity index (χ4n) is 2.99. The SMILES string of the molecule is CC(=O)Nc1c(C)noc1/C=C\c1ccc(S(=O)(=O)NCCCc2ccccc2)cc1. The van der Waals surface area contributed by atoms with Gasteiger partial charge in [-0.25, -0.2) is 13.1 Å². The molecule has 0 saturated carbocycles. The van der Waals surface area contributed by atoms with Crippen LogP contribution < -0.4 is 10.0 Å². The van der Waals surface area contributed by atoms with Gasteiger partial charge in [-0.05, 0) is 49.1 Å². The molecule has 0 aliphatic carbocycles. The number of aryl methyl sites for hydroxylation is 2. The maximum absolute atomic E-state index is 12.5. The molecular formula is C23H25N3O4S. The number of benzene rings is 2. The van der Waals surface area contributed by atoms with E-state index in [1.165, 1.54) is 12.5 Å². The first-order chi connectivity index (χ1) is 14.8. The number of amides is 1. The van der Waals surface area contributed by atoms with Crippen LogP contribution in [0.25, 0.3) is 12.2 Å². The Labute approximate surface area is 182 Å². The topological polar surface area (TPSA) is 101 Å². The molecule has 8 heteroatoms. The molecule has 1 heterocycles. The maximum Gasteiger partial charge on any atom is 0.240 e. The molecule has 1 aromatic heterocycles. The van der Waals surface area contributed by atoms with Crippen LogP contribution >= 0.6 is 0 Å². The fourth-order valence-corrected chi connectivity index (χ4v) is 4.06. The Morgan fingerprint density at radius 2 is 1.77 bits per heavy atom. The van der Waals surface area contributed by atoms with E-state index in [-0.39, 0.29) is 10.8 Å². The molecule has 3 aromatic rings. The van der Waals surface area contributed by atoms with Gasteiger partial charge in [0.25, 0.3) is 0 Å². The van der Waals surface area contributed by atoms with Gasteiger partial charge in [0.15, 0.2) is 5.76 Å². The van der Waals surface area contributed by atoms with Crippen molar-refractivity contribution in [2.75, 3.05) is 11.9 Å². The summed E-state index contributed by atoms with van der Waals surface area (Å²) in [5.74, 6) is 0.205. The van der Waals surface area contributed by atoms with Crippen molar-refractivity contribution >= 4 is 33.8 Å². The summed E-state index contributed by atoms with van der Waals surface area (Å²) in [5.41, 5.74) is 3.06. The second-order valence-electron chi connectivity index (χ2n) is 7.08. The van der Waals surface area contributed by atoms with Crippen molar-refractivity contribution in [2.45, 2.75) is 31.6 Å². The molecule has 0 bridgehead atoms. The number of rotatable bonds is 9. The van der Waals surface area contributed by atoms with E-state index in [1.54, 1.807) is 43.3 Å². The Bertz CT molecular complexity index is 1150. The van der Waals surface area contributed by atoms with Gasteiger partial charge in [0.2, 0.25) is 15.9 Å². The summed E-state index contributed by atoms with van der Waals surface area (Å²) in [6.45, 7) is 3.52. The summed E-state index contributed by atoms with van der Waals surface area (Å²) in [6, 6.07) is 16.5. The van der Waals surface area contributed by atoms with Crippen LogP contribution in [-0.4, -0.2) is 26.0 Å². The molecular weight excluding hydrogens is 414 g/mol. The lowest BCUT2D eigenvalue weighted by molar-refractivity contribution is -0.114. The largest absolute Gasteiger partial charge is 0.354 e. The first-order valence-corrected chi connectivity index (χ1v) is 11.4. The van der Waals surface area contributed by atoms with Crippen molar-refractivity contribution in [3.8, 4) is 0 Å². The number of hydrogen-bond acceptors (Lipinski definition) is 5. The van der Waals surface area contributed by atoms with Crippen LogP contribution in [0.1, 0.15) is 35.9 Å². The minimum atomic E-state index is -3.57. The van der Waals surface area contributed by atoms with Crippen molar-refractivity contribution in [3.63, 3.8) is 0 Å². The van der Waals surface area contributed by atoms with Crippen molar-refractivity contribution in [1.82, 2.24) is 9.88 Å². The molecule has 0 radical (unpaired) electrons. The van der Waals surface area contributed by atoms with E-state index in [0.29, 0.717) is 23.7 Å². The molecule has 3 rings (SSSR count). The second kappa shape index (κ2) is 10.2. The summed E-state index contributed by atoms with van der Waals surface area (Å²) in [5, 5.41) is 6.54. The highest BCUT2D eigenvalue weighted by atomic mass is 32.2. The van der Waals surface area contributed by atoms with Crippen LogP contribution in [-0.2, 0) is 21.2 Å². The fraction of sp³-hybridized carbons (Fsp3) is 0.217. The summed E-state index contributed by atoms with van der Waals surface area (Å²) in [6.07, 6.45) is 4.97. The van der Waals surface area contributed by atoms with Gasteiger partial charge in [-0.1, -0.05) is 53.7 Å². The van der Waals surface area contributed by atoms with Crippen LogP contribution in [0.3, 0.4) is 0 Å². The zero-order chi connectivity index (χ0) is 22.3. The molecule has 2 N–H and O–H groups in total. The number of nitrogens with zero attached hydrogens (tertiary/aromatic N) is 1. The van der Waals surface area contributed by atoms with Gasteiger partial charge in [0.1, 0.15) is 11.4 Å². The quantitative estimate of drug-likeness (QED) is 0.490. The second-order valence-corrected chi connectivity index (χ2v) is 8.84. The third kappa shape index (κ3) is 6.37. The van der Waals surface area contributed by atoms with Crippen LogP contribution in [0.4, 0.5) is 5.69 Å². The molecule has 0 spiro atoms. The van der Waals surface area contributed by atoms with Gasteiger partial charge < -0.3 is 9.84 Å². The predicted octanol–water partition coefficient (Wildman–Crippen LogP) is 4.02. The van der Waals surface area contributed by atoms with E-state index in [2.05, 4.69) is 15.2 Å². The molecule has 7 nitrogen and oxygen atoms in total. The molecule has 0 atom stereocenters. The average Bonchev–Trinajstić information content (AvgIpc) is 3.09. The maximum atomic E-state index is 12.5. The lowest BCUT2D eigenvalue weighted by atomic mass is 10.1. The highest BCUT2D eigenvalue weighted by Gasteiger charge is 2.13. The highest BCUT2D eigenvalue weighted by Crippen LogP contribution is 2.22. The normalized spacial score (nSPS) is 11.7. The van der Waals surface area contributed by atoms with Gasteiger partial charge in [0.05, 0.1) is 4.90 Å². The van der Waals surface area contributed by atoms with Crippen LogP contribution in [0.5, 0.6) is 0 Å². The Balaban J connectivity index is 1.59. The van der Waals surface area contributed by atoms with Crippen molar-refractivity contribution in [2.24, 2.45) is 0 Å². The summed E-state index contributed by atoms with van der Waals surface area (Å²) in [4.78, 5) is 11.5. The molecule has 0 aliphatic heterocycles. The molecule has 162 valence electrons. The summed E-state index contributed by atoms with van der Waals surface area (Å²) < 4.78 is 32.9. The summed E-state index contributed by atoms with van der Waals surface area (Å²) >= 11 is 0. The van der Waals surface area contributed by atoms with E-state index in [1.807, 2.05) is 30.3 Å². The van der Waals surface area contributed by atoms with Crippen LogP contribution in [0.15, 0.2) is 64.0 Å². The minimum absolute atomic E-state index is 0.207. The Hall–Kier alpha value is -3.23. The van der Waals surface area contributed by atoms with Gasteiger partial charge in [-0.2, -0.15) is 0 Å². The Kier molecular flexibility index (Phi) is 7.38. The van der Waals surface area contributed by atoms with Crippen molar-refractivity contribution in [3.05, 3.63) is 77.2 Å². The number of hydrogen-bond donors (Lipinski definition) is 2. The third-order valence-electron chi connectivity index (χ3n) is 4.58. The number of nitrogens with one attached hydrogen (secondary N) is 2. The third-order valence-corrected chi connectivity index (χ3v) is 6.06. The van der Waals surface area contributed by atoms with Gasteiger partial charge in [0, 0.05) is 13.5 Å². The lowest BCUT2D eigenvalue weighted by Crippen LogP contribution is -2.25. The molecule has 0 fully saturated rings. The number of anilines is 1. The molecule has 0 aliphatic rings.